The van der Waals surface area contributed by atoms with E-state index in [-0.39, 0.29) is 5.89 Å². The van der Waals surface area contributed by atoms with E-state index in [4.69, 9.17) is 20.1 Å². The first kappa shape index (κ1) is 10.9. The average molecular weight is 235 g/mol. The monoisotopic (exact) mass is 235 g/mol. The van der Waals surface area contributed by atoms with Gasteiger partial charge in [-0.2, -0.15) is 4.98 Å². The second-order valence-electron chi connectivity index (χ2n) is 3.19. The molecule has 17 heavy (non-hydrogen) atoms. The molecule has 0 spiro atoms. The molecule has 0 fully saturated rings. The third-order valence-electron chi connectivity index (χ3n) is 2.09. The number of rotatable bonds is 3. The number of carbonyl (C=O) groups is 1. The van der Waals surface area contributed by atoms with Crippen LogP contribution in [0.3, 0.4) is 0 Å². The molecule has 0 aliphatic heterocycles. The van der Waals surface area contributed by atoms with Gasteiger partial charge in [-0.3, -0.25) is 0 Å². The van der Waals surface area contributed by atoms with E-state index in [9.17, 15) is 4.79 Å². The lowest BCUT2D eigenvalue weighted by atomic mass is 10.2. The quantitative estimate of drug-likeness (QED) is 0.764. The smallest absolute Gasteiger partial charge is 0.377 e. The van der Waals surface area contributed by atoms with Crippen molar-refractivity contribution in [2.45, 2.75) is 0 Å². The first-order chi connectivity index (χ1) is 8.11. The van der Waals surface area contributed by atoms with Gasteiger partial charge in [0.15, 0.2) is 0 Å². The van der Waals surface area contributed by atoms with Crippen molar-refractivity contribution in [3.8, 4) is 17.2 Å². The molecule has 0 aliphatic carbocycles. The second kappa shape index (κ2) is 4.12. The molecule has 2 rings (SSSR count). The molecule has 0 unspecified atom stereocenters. The van der Waals surface area contributed by atoms with Gasteiger partial charge in [-0.05, 0) is 23.4 Å². The Morgan fingerprint density at radius 3 is 2.82 bits per heavy atom. The Labute approximate surface area is 95.8 Å². The van der Waals surface area contributed by atoms with Gasteiger partial charge in [-0.1, -0.05) is 0 Å². The summed E-state index contributed by atoms with van der Waals surface area (Å²) in [5.74, 6) is -1.03. The maximum Gasteiger partial charge on any atom is 0.377 e. The third kappa shape index (κ3) is 2.03. The molecule has 0 saturated heterocycles. The number of hydrogen-bond acceptors (Lipinski definition) is 6. The van der Waals surface area contributed by atoms with Crippen LogP contribution in [0.15, 0.2) is 22.7 Å². The summed E-state index contributed by atoms with van der Waals surface area (Å²) in [7, 11) is 1.50. The molecule has 88 valence electrons. The molecule has 0 amide bonds. The number of aromatic carboxylic acids is 1. The summed E-state index contributed by atoms with van der Waals surface area (Å²) in [5.41, 5.74) is 6.64. The summed E-state index contributed by atoms with van der Waals surface area (Å²) >= 11 is 0. The maximum atomic E-state index is 10.6. The van der Waals surface area contributed by atoms with E-state index in [0.717, 1.165) is 0 Å². The van der Waals surface area contributed by atoms with Crippen LogP contribution in [-0.2, 0) is 0 Å². The Balaban J connectivity index is 2.39. The Kier molecular flexibility index (Phi) is 2.65. The van der Waals surface area contributed by atoms with Crippen LogP contribution in [0.4, 0.5) is 5.69 Å². The fourth-order valence-electron chi connectivity index (χ4n) is 1.29. The molecule has 7 nitrogen and oxygen atoms in total. The van der Waals surface area contributed by atoms with Gasteiger partial charge in [0.25, 0.3) is 11.7 Å². The van der Waals surface area contributed by atoms with E-state index in [1.54, 1.807) is 18.2 Å². The van der Waals surface area contributed by atoms with Crippen molar-refractivity contribution >= 4 is 11.7 Å². The van der Waals surface area contributed by atoms with Crippen molar-refractivity contribution in [3.63, 3.8) is 0 Å². The van der Waals surface area contributed by atoms with Gasteiger partial charge >= 0.3 is 5.97 Å². The average Bonchev–Trinajstić information content (AvgIpc) is 2.78. The molecular formula is C10H9N3O4. The van der Waals surface area contributed by atoms with Gasteiger partial charge < -0.3 is 20.1 Å². The molecular weight excluding hydrogens is 226 g/mol. The highest BCUT2D eigenvalue weighted by atomic mass is 16.5. The largest absolute Gasteiger partial charge is 0.495 e. The maximum absolute atomic E-state index is 10.6. The Bertz CT molecular complexity index is 564. The summed E-state index contributed by atoms with van der Waals surface area (Å²) in [6, 6.07) is 4.85. The van der Waals surface area contributed by atoms with Crippen molar-refractivity contribution in [3.05, 3.63) is 24.0 Å². The summed E-state index contributed by atoms with van der Waals surface area (Å²) in [5, 5.41) is 12.0. The van der Waals surface area contributed by atoms with Crippen molar-refractivity contribution in [1.82, 2.24) is 10.1 Å². The molecule has 0 saturated carbocycles. The van der Waals surface area contributed by atoms with Gasteiger partial charge in [0.05, 0.1) is 12.8 Å². The van der Waals surface area contributed by atoms with Crippen LogP contribution in [0.25, 0.3) is 11.5 Å². The number of carboxylic acids is 1. The molecule has 0 aliphatic rings. The predicted molar refractivity (Wildman–Crippen MR) is 57.7 cm³/mol. The molecule has 0 bridgehead atoms. The highest BCUT2D eigenvalue weighted by Crippen LogP contribution is 2.27. The molecule has 0 radical (unpaired) electrons. The number of hydrogen-bond donors (Lipinski definition) is 2. The fourth-order valence-corrected chi connectivity index (χ4v) is 1.29. The number of anilines is 1. The van der Waals surface area contributed by atoms with E-state index < -0.39 is 11.8 Å². The van der Waals surface area contributed by atoms with Crippen LogP contribution in [0.1, 0.15) is 10.6 Å². The number of ether oxygens (including phenoxy) is 1. The molecule has 1 heterocycles. The van der Waals surface area contributed by atoms with E-state index in [2.05, 4.69) is 10.1 Å². The topological polar surface area (TPSA) is 111 Å². The molecule has 0 atom stereocenters. The summed E-state index contributed by atoms with van der Waals surface area (Å²) in [4.78, 5) is 14.3. The van der Waals surface area contributed by atoms with Crippen molar-refractivity contribution in [2.24, 2.45) is 0 Å². The summed E-state index contributed by atoms with van der Waals surface area (Å²) in [6.45, 7) is 0. The van der Waals surface area contributed by atoms with E-state index in [1.807, 2.05) is 0 Å². The lowest BCUT2D eigenvalue weighted by Gasteiger charge is -2.04. The third-order valence-corrected chi connectivity index (χ3v) is 2.09. The minimum absolute atomic E-state index is 0.0942. The van der Waals surface area contributed by atoms with Crippen LogP contribution < -0.4 is 10.5 Å². The number of methoxy groups -OCH3 is 1. The number of nitrogens with zero attached hydrogens (tertiary/aromatic N) is 2. The summed E-state index contributed by atoms with van der Waals surface area (Å²) < 4.78 is 9.80. The van der Waals surface area contributed by atoms with Crippen LogP contribution in [-0.4, -0.2) is 28.3 Å². The van der Waals surface area contributed by atoms with Crippen molar-refractivity contribution < 1.29 is 19.2 Å². The zero-order valence-corrected chi connectivity index (χ0v) is 8.88. The van der Waals surface area contributed by atoms with E-state index in [0.29, 0.717) is 17.0 Å². The van der Waals surface area contributed by atoms with Crippen LogP contribution in [0.2, 0.25) is 0 Å². The Morgan fingerprint density at radius 1 is 1.53 bits per heavy atom. The number of nitrogens with two attached hydrogens (primary N) is 1. The zero-order chi connectivity index (χ0) is 12.4. The molecule has 2 aromatic rings. The molecule has 3 N–H and O–H groups in total. The first-order valence-corrected chi connectivity index (χ1v) is 4.62. The number of aromatic nitrogens is 2. The Morgan fingerprint density at radius 2 is 2.29 bits per heavy atom. The molecule has 7 heteroatoms. The minimum Gasteiger partial charge on any atom is -0.495 e. The van der Waals surface area contributed by atoms with Crippen molar-refractivity contribution in [1.29, 1.82) is 0 Å². The number of nitrogen functional groups attached to an aromatic ring is 1. The van der Waals surface area contributed by atoms with Gasteiger partial charge in [0.1, 0.15) is 5.75 Å². The minimum atomic E-state index is -1.25. The van der Waals surface area contributed by atoms with Crippen LogP contribution in [0, 0.1) is 0 Å². The second-order valence-corrected chi connectivity index (χ2v) is 3.19. The zero-order valence-electron chi connectivity index (χ0n) is 8.88. The van der Waals surface area contributed by atoms with Crippen molar-refractivity contribution in [2.75, 3.05) is 12.8 Å². The standard InChI is InChI=1S/C10H9N3O4/c1-16-7-3-2-5(4-6(7)11)9-12-8(10(14)15)13-17-9/h2-4H,11H2,1H3,(H,14,15). The normalized spacial score (nSPS) is 10.2. The summed E-state index contributed by atoms with van der Waals surface area (Å²) in [6.07, 6.45) is 0. The van der Waals surface area contributed by atoms with Crippen LogP contribution >= 0.6 is 0 Å². The first-order valence-electron chi connectivity index (χ1n) is 4.62. The number of carboxylic acid groups (broad SMARTS) is 1. The molecule has 1 aromatic carbocycles. The van der Waals surface area contributed by atoms with Gasteiger partial charge in [0, 0.05) is 5.56 Å². The van der Waals surface area contributed by atoms with Gasteiger partial charge in [0.2, 0.25) is 0 Å². The highest BCUT2D eigenvalue weighted by molar-refractivity contribution is 5.83. The van der Waals surface area contributed by atoms with Gasteiger partial charge in [-0.15, -0.1) is 0 Å². The van der Waals surface area contributed by atoms with E-state index >= 15 is 0 Å². The Hall–Kier alpha value is -2.57. The van der Waals surface area contributed by atoms with E-state index in [1.165, 1.54) is 7.11 Å². The SMILES string of the molecule is COc1ccc(-c2nc(C(=O)O)no2)cc1N. The molecule has 1 aromatic heterocycles. The van der Waals surface area contributed by atoms with Gasteiger partial charge in [-0.25, -0.2) is 4.79 Å². The highest BCUT2D eigenvalue weighted by Gasteiger charge is 2.14. The predicted octanol–water partition coefficient (Wildman–Crippen LogP) is 1.03. The lowest BCUT2D eigenvalue weighted by molar-refractivity contribution is 0.0680. The lowest BCUT2D eigenvalue weighted by Crippen LogP contribution is -1.98. The number of benzene rings is 1. The fraction of sp³-hybridized carbons (Fsp3) is 0.100. The van der Waals surface area contributed by atoms with Crippen LogP contribution in [0.5, 0.6) is 5.75 Å².